The molecule has 2 aromatic heterocycles. The van der Waals surface area contributed by atoms with E-state index in [4.69, 9.17) is 0 Å². The Morgan fingerprint density at radius 3 is 2.10 bits per heavy atom. The van der Waals surface area contributed by atoms with E-state index >= 15 is 0 Å². The monoisotopic (exact) mass is 442 g/mol. The van der Waals surface area contributed by atoms with Crippen LogP contribution >= 0.6 is 0 Å². The Labute approximate surface area is 172 Å². The van der Waals surface area contributed by atoms with E-state index < -0.39 is 29.5 Å². The fourth-order valence-corrected chi connectivity index (χ4v) is 3.52. The van der Waals surface area contributed by atoms with E-state index in [-0.39, 0.29) is 22.6 Å². The lowest BCUT2D eigenvalue weighted by Gasteiger charge is -2.25. The van der Waals surface area contributed by atoms with E-state index in [0.717, 1.165) is 43.5 Å². The van der Waals surface area contributed by atoms with Crippen molar-refractivity contribution < 1.29 is 31.1 Å². The molecule has 164 valence electrons. The molecule has 0 atom stereocenters. The molecule has 31 heavy (non-hydrogen) atoms. The summed E-state index contributed by atoms with van der Waals surface area (Å²) in [6.07, 6.45) is -6.79. The zero-order chi connectivity index (χ0) is 22.4. The third-order valence-corrected chi connectivity index (χ3v) is 5.09. The van der Waals surface area contributed by atoms with Crippen molar-refractivity contribution in [2.45, 2.75) is 31.6 Å². The van der Waals surface area contributed by atoms with Gasteiger partial charge in [-0.25, -0.2) is 9.50 Å². The van der Waals surface area contributed by atoms with Crippen molar-refractivity contribution in [1.82, 2.24) is 19.5 Å². The highest BCUT2D eigenvalue weighted by Crippen LogP contribution is 2.34. The molecule has 0 saturated carbocycles. The van der Waals surface area contributed by atoms with Crippen molar-refractivity contribution in [2.24, 2.45) is 0 Å². The van der Waals surface area contributed by atoms with E-state index in [2.05, 4.69) is 10.1 Å². The highest BCUT2D eigenvalue weighted by atomic mass is 19.4. The first-order chi connectivity index (χ1) is 14.5. The summed E-state index contributed by atoms with van der Waals surface area (Å²) in [6.45, 7) is 1.01. The molecule has 1 fully saturated rings. The van der Waals surface area contributed by atoms with E-state index in [1.807, 2.05) is 0 Å². The average Bonchev–Trinajstić information content (AvgIpc) is 3.16. The van der Waals surface area contributed by atoms with Gasteiger partial charge in [-0.05, 0) is 37.5 Å². The summed E-state index contributed by atoms with van der Waals surface area (Å²) in [5.41, 5.74) is -2.58. The van der Waals surface area contributed by atoms with Crippen LogP contribution in [0.15, 0.2) is 36.4 Å². The first-order valence-corrected chi connectivity index (χ1v) is 9.49. The van der Waals surface area contributed by atoms with E-state index in [1.54, 1.807) is 0 Å². The molecule has 1 aromatic carbocycles. The lowest BCUT2D eigenvalue weighted by Crippen LogP contribution is -2.35. The number of piperidine rings is 1. The van der Waals surface area contributed by atoms with Gasteiger partial charge in [-0.15, -0.1) is 0 Å². The number of aromatic nitrogens is 3. The van der Waals surface area contributed by atoms with E-state index in [0.29, 0.717) is 23.7 Å². The summed E-state index contributed by atoms with van der Waals surface area (Å²) in [5, 5.41) is 3.83. The second-order valence-electron chi connectivity index (χ2n) is 7.25. The summed E-state index contributed by atoms with van der Waals surface area (Å²) in [6, 6.07) is 5.53. The minimum absolute atomic E-state index is 0.0751. The maximum atomic E-state index is 13.7. The smallest absolute Gasteiger partial charge is 0.337 e. The van der Waals surface area contributed by atoms with Gasteiger partial charge in [0.05, 0.1) is 11.3 Å². The minimum Gasteiger partial charge on any atom is -0.337 e. The third-order valence-electron chi connectivity index (χ3n) is 5.09. The Balaban J connectivity index is 1.78. The van der Waals surface area contributed by atoms with Crippen molar-refractivity contribution in [1.29, 1.82) is 0 Å². The molecule has 0 radical (unpaired) electrons. The van der Waals surface area contributed by atoms with E-state index in [9.17, 15) is 31.1 Å². The first kappa shape index (κ1) is 21.1. The van der Waals surface area contributed by atoms with Crippen molar-refractivity contribution in [3.05, 3.63) is 53.3 Å². The fraction of sp³-hybridized carbons (Fsp3) is 0.350. The molecule has 0 aliphatic carbocycles. The van der Waals surface area contributed by atoms with Gasteiger partial charge in [-0.2, -0.15) is 31.4 Å². The Morgan fingerprint density at radius 2 is 1.52 bits per heavy atom. The van der Waals surface area contributed by atoms with E-state index in [1.165, 1.54) is 11.0 Å². The number of carbonyl (C=O) groups is 1. The number of nitrogens with zero attached hydrogens (tertiary/aromatic N) is 4. The lowest BCUT2D eigenvalue weighted by atomic mass is 10.1. The normalized spacial score (nSPS) is 15.5. The molecule has 0 spiro atoms. The van der Waals surface area contributed by atoms with Gasteiger partial charge in [0, 0.05) is 24.7 Å². The van der Waals surface area contributed by atoms with Crippen LogP contribution in [-0.4, -0.2) is 38.5 Å². The number of rotatable bonds is 2. The van der Waals surface area contributed by atoms with Crippen LogP contribution in [0.5, 0.6) is 0 Å². The molecular weight excluding hydrogens is 426 g/mol. The summed E-state index contributed by atoms with van der Waals surface area (Å²) in [7, 11) is 0. The van der Waals surface area contributed by atoms with Crippen LogP contribution in [0.2, 0.25) is 0 Å². The maximum absolute atomic E-state index is 13.7. The minimum atomic E-state index is -4.82. The lowest BCUT2D eigenvalue weighted by molar-refractivity contribution is -0.142. The molecule has 0 N–H and O–H groups in total. The van der Waals surface area contributed by atoms with Gasteiger partial charge in [0.2, 0.25) is 0 Å². The Morgan fingerprint density at radius 1 is 0.871 bits per heavy atom. The Kier molecular flexibility index (Phi) is 5.14. The number of alkyl halides is 6. The van der Waals surface area contributed by atoms with Gasteiger partial charge in [0.25, 0.3) is 5.91 Å². The number of fused-ring (bicyclic) bond motifs is 1. The predicted octanol–water partition coefficient (Wildman–Crippen LogP) is 5.06. The highest BCUT2D eigenvalue weighted by Gasteiger charge is 2.36. The van der Waals surface area contributed by atoms with Gasteiger partial charge in [0.1, 0.15) is 0 Å². The largest absolute Gasteiger partial charge is 0.433 e. The molecule has 1 aliphatic rings. The molecule has 1 amide bonds. The molecule has 3 heterocycles. The molecule has 4 rings (SSSR count). The summed E-state index contributed by atoms with van der Waals surface area (Å²) in [4.78, 5) is 18.3. The second kappa shape index (κ2) is 7.54. The fourth-order valence-electron chi connectivity index (χ4n) is 3.52. The number of benzene rings is 1. The molecule has 1 aliphatic heterocycles. The number of amides is 1. The zero-order valence-corrected chi connectivity index (χ0v) is 16.0. The number of hydrogen-bond acceptors (Lipinski definition) is 3. The van der Waals surface area contributed by atoms with Gasteiger partial charge < -0.3 is 4.90 Å². The van der Waals surface area contributed by atoms with Crippen molar-refractivity contribution in [3.63, 3.8) is 0 Å². The van der Waals surface area contributed by atoms with Gasteiger partial charge >= 0.3 is 12.4 Å². The summed E-state index contributed by atoms with van der Waals surface area (Å²) in [5.74, 6) is -0.477. The van der Waals surface area contributed by atoms with Crippen molar-refractivity contribution in [3.8, 4) is 11.3 Å². The molecule has 1 saturated heterocycles. The van der Waals surface area contributed by atoms with Crippen LogP contribution in [0.1, 0.15) is 41.0 Å². The Bertz CT molecular complexity index is 1110. The standard InChI is InChI=1S/C20H16F6N4O/c21-19(22,23)13-6-4-12(5-7-13)14-10-16(20(24,25)26)30-17(27-14)11-15(28-30)18(31)29-8-2-1-3-9-29/h4-7,10-11H,1-3,8-9H2. The first-order valence-electron chi connectivity index (χ1n) is 9.49. The molecule has 0 bridgehead atoms. The van der Waals surface area contributed by atoms with Crippen LogP contribution in [0.4, 0.5) is 26.3 Å². The SMILES string of the molecule is O=C(c1cc2nc(-c3ccc(C(F)(F)F)cc3)cc(C(F)(F)F)n2n1)N1CCCCC1. The molecule has 5 nitrogen and oxygen atoms in total. The molecule has 0 unspecified atom stereocenters. The van der Waals surface area contributed by atoms with Crippen LogP contribution in [0.3, 0.4) is 0 Å². The van der Waals surface area contributed by atoms with Gasteiger partial charge in [0.15, 0.2) is 17.0 Å². The highest BCUT2D eigenvalue weighted by molar-refractivity contribution is 5.93. The average molecular weight is 442 g/mol. The van der Waals surface area contributed by atoms with Crippen LogP contribution in [0, 0.1) is 0 Å². The predicted molar refractivity (Wildman–Crippen MR) is 98.2 cm³/mol. The van der Waals surface area contributed by atoms with Crippen LogP contribution < -0.4 is 0 Å². The zero-order valence-electron chi connectivity index (χ0n) is 16.0. The number of hydrogen-bond donors (Lipinski definition) is 0. The quantitative estimate of drug-likeness (QED) is 0.522. The van der Waals surface area contributed by atoms with Crippen LogP contribution in [0.25, 0.3) is 16.9 Å². The van der Waals surface area contributed by atoms with Crippen LogP contribution in [-0.2, 0) is 12.4 Å². The second-order valence-corrected chi connectivity index (χ2v) is 7.25. The van der Waals surface area contributed by atoms with Gasteiger partial charge in [-0.1, -0.05) is 12.1 Å². The molecular formula is C20H16F6N4O. The topological polar surface area (TPSA) is 50.5 Å². The van der Waals surface area contributed by atoms with Crippen molar-refractivity contribution >= 4 is 11.6 Å². The van der Waals surface area contributed by atoms with Crippen molar-refractivity contribution in [2.75, 3.05) is 13.1 Å². The molecule has 11 heteroatoms. The number of halogens is 6. The maximum Gasteiger partial charge on any atom is 0.433 e. The summed E-state index contributed by atoms with van der Waals surface area (Å²) >= 11 is 0. The number of carbonyl (C=O) groups excluding carboxylic acids is 1. The Hall–Kier alpha value is -3.11. The molecule has 3 aromatic rings. The third kappa shape index (κ3) is 4.21. The number of likely N-dealkylation sites (tertiary alicyclic amines) is 1. The van der Waals surface area contributed by atoms with Gasteiger partial charge in [-0.3, -0.25) is 4.79 Å². The summed E-state index contributed by atoms with van der Waals surface area (Å²) < 4.78 is 79.9.